The van der Waals surface area contributed by atoms with Crippen LogP contribution in [0.5, 0.6) is 0 Å². The smallest absolute Gasteiger partial charge is 0.318 e. The number of urea groups is 1. The highest BCUT2D eigenvalue weighted by Crippen LogP contribution is 2.15. The van der Waals surface area contributed by atoms with Crippen LogP contribution in [-0.2, 0) is 4.79 Å². The van der Waals surface area contributed by atoms with Crippen LogP contribution in [0.25, 0.3) is 0 Å². The second-order valence-electron chi connectivity index (χ2n) is 3.87. The molecule has 0 saturated carbocycles. The first-order chi connectivity index (χ1) is 8.00. The number of primary amides is 1. The van der Waals surface area contributed by atoms with E-state index in [-0.39, 0.29) is 12.6 Å². The number of carbonyl (C=O) groups is 2. The molecule has 92 valence electrons. The molecule has 0 fully saturated rings. The fourth-order valence-corrected chi connectivity index (χ4v) is 1.61. The number of hydrogen-bond donors (Lipinski definition) is 3. The molecular weight excluding hydrogens is 218 g/mol. The van der Waals surface area contributed by atoms with Crippen LogP contribution in [0.3, 0.4) is 0 Å². The summed E-state index contributed by atoms with van der Waals surface area (Å²) in [4.78, 5) is 21.6. The van der Waals surface area contributed by atoms with Crippen molar-refractivity contribution in [2.45, 2.75) is 19.9 Å². The lowest BCUT2D eigenvalue weighted by Crippen LogP contribution is -2.41. The van der Waals surface area contributed by atoms with Crippen LogP contribution < -0.4 is 16.4 Å². The maximum absolute atomic E-state index is 11.2. The average molecular weight is 235 g/mol. The number of imide groups is 1. The fourth-order valence-electron chi connectivity index (χ4n) is 1.61. The summed E-state index contributed by atoms with van der Waals surface area (Å²) in [6.45, 7) is 4.02. The van der Waals surface area contributed by atoms with E-state index in [4.69, 9.17) is 5.73 Å². The molecule has 0 aliphatic rings. The van der Waals surface area contributed by atoms with E-state index in [1.807, 2.05) is 43.4 Å². The SMILES string of the molecule is Cc1ccccc1[C@H](C)NCC(=O)NC(N)=O. The Morgan fingerprint density at radius 1 is 1.35 bits per heavy atom. The van der Waals surface area contributed by atoms with Crippen LogP contribution in [-0.4, -0.2) is 18.5 Å². The molecule has 5 nitrogen and oxygen atoms in total. The molecule has 0 bridgehead atoms. The molecule has 0 spiro atoms. The third-order valence-electron chi connectivity index (χ3n) is 2.49. The van der Waals surface area contributed by atoms with Crippen molar-refractivity contribution in [3.8, 4) is 0 Å². The van der Waals surface area contributed by atoms with Gasteiger partial charge in [-0.3, -0.25) is 10.1 Å². The van der Waals surface area contributed by atoms with Gasteiger partial charge < -0.3 is 11.1 Å². The minimum atomic E-state index is -0.833. The van der Waals surface area contributed by atoms with Crippen LogP contribution in [0.4, 0.5) is 4.79 Å². The van der Waals surface area contributed by atoms with E-state index in [1.54, 1.807) is 0 Å². The van der Waals surface area contributed by atoms with Gasteiger partial charge in [-0.1, -0.05) is 24.3 Å². The molecule has 0 unspecified atom stereocenters. The Hall–Kier alpha value is -1.88. The first kappa shape index (κ1) is 13.2. The van der Waals surface area contributed by atoms with E-state index in [0.717, 1.165) is 11.1 Å². The van der Waals surface area contributed by atoms with E-state index in [1.165, 1.54) is 0 Å². The van der Waals surface area contributed by atoms with Gasteiger partial charge in [0.25, 0.3) is 0 Å². The van der Waals surface area contributed by atoms with E-state index in [9.17, 15) is 9.59 Å². The molecule has 17 heavy (non-hydrogen) atoms. The summed E-state index contributed by atoms with van der Waals surface area (Å²) >= 11 is 0. The molecule has 5 heteroatoms. The summed E-state index contributed by atoms with van der Waals surface area (Å²) in [5.41, 5.74) is 7.12. The number of hydrogen-bond acceptors (Lipinski definition) is 3. The lowest BCUT2D eigenvalue weighted by atomic mass is 10.0. The molecule has 3 amide bonds. The van der Waals surface area contributed by atoms with Crippen molar-refractivity contribution >= 4 is 11.9 Å². The number of nitrogens with one attached hydrogen (secondary N) is 2. The molecule has 0 aliphatic heterocycles. The quantitative estimate of drug-likeness (QED) is 0.723. The van der Waals surface area contributed by atoms with Crippen molar-refractivity contribution in [3.05, 3.63) is 35.4 Å². The Labute approximate surface area is 100 Å². The van der Waals surface area contributed by atoms with E-state index < -0.39 is 11.9 Å². The summed E-state index contributed by atoms with van der Waals surface area (Å²) in [5, 5.41) is 5.03. The van der Waals surface area contributed by atoms with Gasteiger partial charge in [0.1, 0.15) is 0 Å². The predicted molar refractivity (Wildman–Crippen MR) is 65.3 cm³/mol. The molecule has 1 rings (SSSR count). The lowest BCUT2D eigenvalue weighted by Gasteiger charge is -2.15. The maximum atomic E-state index is 11.2. The van der Waals surface area contributed by atoms with Gasteiger partial charge >= 0.3 is 6.03 Å². The van der Waals surface area contributed by atoms with E-state index >= 15 is 0 Å². The molecule has 1 atom stereocenters. The molecule has 4 N–H and O–H groups in total. The predicted octanol–water partition coefficient (Wildman–Crippen LogP) is 0.841. The molecule has 0 aliphatic carbocycles. The van der Waals surface area contributed by atoms with Gasteiger partial charge in [0.15, 0.2) is 0 Å². The Bertz CT molecular complexity index is 418. The summed E-state index contributed by atoms with van der Waals surface area (Å²) in [6, 6.07) is 7.13. The third kappa shape index (κ3) is 4.24. The Kier molecular flexibility index (Phi) is 4.66. The summed E-state index contributed by atoms with van der Waals surface area (Å²) in [7, 11) is 0. The molecule has 1 aromatic carbocycles. The Balaban J connectivity index is 2.50. The molecule has 0 radical (unpaired) electrons. The first-order valence-corrected chi connectivity index (χ1v) is 5.39. The van der Waals surface area contributed by atoms with Crippen molar-refractivity contribution in [1.82, 2.24) is 10.6 Å². The van der Waals surface area contributed by atoms with Gasteiger partial charge in [-0.2, -0.15) is 0 Å². The van der Waals surface area contributed by atoms with Gasteiger partial charge in [-0.25, -0.2) is 4.79 Å². The molecule has 0 saturated heterocycles. The van der Waals surface area contributed by atoms with Crippen LogP contribution >= 0.6 is 0 Å². The van der Waals surface area contributed by atoms with Crippen molar-refractivity contribution in [2.75, 3.05) is 6.54 Å². The first-order valence-electron chi connectivity index (χ1n) is 5.39. The van der Waals surface area contributed by atoms with Crippen molar-refractivity contribution in [1.29, 1.82) is 0 Å². The van der Waals surface area contributed by atoms with Crippen LogP contribution in [0.2, 0.25) is 0 Å². The van der Waals surface area contributed by atoms with Gasteiger partial charge in [-0.15, -0.1) is 0 Å². The minimum absolute atomic E-state index is 0.0369. The zero-order valence-corrected chi connectivity index (χ0v) is 9.99. The summed E-state index contributed by atoms with van der Waals surface area (Å²) in [6.07, 6.45) is 0. The summed E-state index contributed by atoms with van der Waals surface area (Å²) in [5.74, 6) is -0.432. The number of carbonyl (C=O) groups excluding carboxylic acids is 2. The number of amides is 3. The fraction of sp³-hybridized carbons (Fsp3) is 0.333. The largest absolute Gasteiger partial charge is 0.351 e. The van der Waals surface area contributed by atoms with Crippen molar-refractivity contribution in [2.24, 2.45) is 5.73 Å². The lowest BCUT2D eigenvalue weighted by molar-refractivity contribution is -0.119. The normalized spacial score (nSPS) is 11.9. The second kappa shape index (κ2) is 6.00. The number of aryl methyl sites for hydroxylation is 1. The van der Waals surface area contributed by atoms with Crippen LogP contribution in [0.15, 0.2) is 24.3 Å². The molecular formula is C12H17N3O2. The van der Waals surface area contributed by atoms with E-state index in [2.05, 4.69) is 5.32 Å². The zero-order chi connectivity index (χ0) is 12.8. The Morgan fingerprint density at radius 3 is 2.59 bits per heavy atom. The highest BCUT2D eigenvalue weighted by atomic mass is 16.2. The second-order valence-corrected chi connectivity index (χ2v) is 3.87. The van der Waals surface area contributed by atoms with Crippen LogP contribution in [0.1, 0.15) is 24.1 Å². The molecule has 1 aromatic rings. The summed E-state index contributed by atoms with van der Waals surface area (Å²) < 4.78 is 0. The molecule has 0 aromatic heterocycles. The van der Waals surface area contributed by atoms with E-state index in [0.29, 0.717) is 0 Å². The monoisotopic (exact) mass is 235 g/mol. The topological polar surface area (TPSA) is 84.2 Å². The van der Waals surface area contributed by atoms with Gasteiger partial charge in [0.05, 0.1) is 6.54 Å². The van der Waals surface area contributed by atoms with Crippen molar-refractivity contribution < 1.29 is 9.59 Å². The van der Waals surface area contributed by atoms with Gasteiger partial charge in [0, 0.05) is 6.04 Å². The number of benzene rings is 1. The molecule has 0 heterocycles. The zero-order valence-electron chi connectivity index (χ0n) is 9.99. The highest BCUT2D eigenvalue weighted by Gasteiger charge is 2.10. The minimum Gasteiger partial charge on any atom is -0.351 e. The number of rotatable bonds is 4. The Morgan fingerprint density at radius 2 is 2.00 bits per heavy atom. The average Bonchev–Trinajstić information content (AvgIpc) is 2.25. The highest BCUT2D eigenvalue weighted by molar-refractivity contribution is 5.94. The standard InChI is InChI=1S/C12H17N3O2/c1-8-5-3-4-6-10(8)9(2)14-7-11(16)15-12(13)17/h3-6,9,14H,7H2,1-2H3,(H3,13,15,16,17)/t9-/m0/s1. The maximum Gasteiger partial charge on any atom is 0.318 e. The number of nitrogens with two attached hydrogens (primary N) is 1. The van der Waals surface area contributed by atoms with Gasteiger partial charge in [0.2, 0.25) is 5.91 Å². The van der Waals surface area contributed by atoms with Crippen LogP contribution in [0, 0.1) is 6.92 Å². The van der Waals surface area contributed by atoms with Gasteiger partial charge in [-0.05, 0) is 25.0 Å². The van der Waals surface area contributed by atoms with Crippen molar-refractivity contribution in [3.63, 3.8) is 0 Å². The third-order valence-corrected chi connectivity index (χ3v) is 2.49.